The predicted octanol–water partition coefficient (Wildman–Crippen LogP) is 6.63. The van der Waals surface area contributed by atoms with Crippen LogP contribution in [0.3, 0.4) is 0 Å². The van der Waals surface area contributed by atoms with Crippen LogP contribution >= 0.6 is 7.60 Å². The van der Waals surface area contributed by atoms with Crippen molar-refractivity contribution < 1.29 is 13.6 Å². The van der Waals surface area contributed by atoms with Crippen LogP contribution in [0.1, 0.15) is 31.9 Å². The van der Waals surface area contributed by atoms with Crippen molar-refractivity contribution in [1.82, 2.24) is 4.90 Å². The van der Waals surface area contributed by atoms with Crippen LogP contribution < -0.4 is 5.73 Å². The van der Waals surface area contributed by atoms with E-state index in [2.05, 4.69) is 93.8 Å². The smallest absolute Gasteiger partial charge is 0.327 e. The van der Waals surface area contributed by atoms with Crippen LogP contribution in [0.15, 0.2) is 60.7 Å². The first-order chi connectivity index (χ1) is 15.8. The second kappa shape index (κ2) is 12.6. The van der Waals surface area contributed by atoms with Gasteiger partial charge in [-0.3, -0.25) is 9.46 Å². The fourth-order valence-corrected chi connectivity index (χ4v) is 6.17. The summed E-state index contributed by atoms with van der Waals surface area (Å²) in [6.07, 6.45) is -0.368. The predicted molar refractivity (Wildman–Crippen MR) is 147 cm³/mol. The van der Waals surface area contributed by atoms with E-state index < -0.39 is 21.1 Å². The summed E-state index contributed by atoms with van der Waals surface area (Å²) in [5.74, 6) is 0. The Morgan fingerprint density at radius 2 is 1.44 bits per heavy atom. The Balaban J connectivity index is 2.30. The third-order valence-electron chi connectivity index (χ3n) is 6.25. The summed E-state index contributed by atoms with van der Waals surface area (Å²) in [5, 5.41) is 0. The summed E-state index contributed by atoms with van der Waals surface area (Å²) in [6, 6.07) is 21.8. The molecular formula is C27H45N2O3PSi. The molecule has 7 heteroatoms. The second-order valence-electron chi connectivity index (χ2n) is 11.3. The van der Waals surface area contributed by atoms with Crippen LogP contribution in [-0.2, 0) is 26.7 Å². The Bertz CT molecular complexity index is 862. The Hall–Kier alpha value is -1.27. The van der Waals surface area contributed by atoms with Gasteiger partial charge in [-0.25, -0.2) is 0 Å². The number of hydrogen-bond acceptors (Lipinski definition) is 5. The van der Waals surface area contributed by atoms with Crippen LogP contribution in [0.25, 0.3) is 0 Å². The van der Waals surface area contributed by atoms with Gasteiger partial charge in [-0.2, -0.15) is 0 Å². The van der Waals surface area contributed by atoms with E-state index in [0.717, 1.165) is 19.1 Å². The standard InChI is InChI=1S/C27H45N2O3PSi/c1-23(26(27(2,3)22-28)32-33(4,30)31-18-19-34(5,6)7)29(20-24-14-10-8-11-15-24)21-25-16-12-9-13-17-25/h8-17,23,26H,18-22,28H2,1-7H3/t23-,26-,33?/m0/s1. The van der Waals surface area contributed by atoms with Gasteiger partial charge < -0.3 is 14.8 Å². The fourth-order valence-electron chi connectivity index (χ4n) is 3.93. The van der Waals surface area contributed by atoms with Crippen molar-refractivity contribution in [2.24, 2.45) is 11.1 Å². The molecule has 0 saturated carbocycles. The monoisotopic (exact) mass is 504 g/mol. The molecule has 0 saturated heterocycles. The minimum atomic E-state index is -3.26. The molecule has 0 amide bonds. The Morgan fingerprint density at radius 1 is 0.971 bits per heavy atom. The molecule has 2 aromatic carbocycles. The van der Waals surface area contributed by atoms with E-state index in [1.54, 1.807) is 6.66 Å². The third kappa shape index (κ3) is 9.77. The normalized spacial score (nSPS) is 16.3. The van der Waals surface area contributed by atoms with E-state index in [-0.39, 0.29) is 12.1 Å². The van der Waals surface area contributed by atoms with Gasteiger partial charge in [0.15, 0.2) is 0 Å². The third-order valence-corrected chi connectivity index (χ3v) is 9.22. The molecule has 2 aromatic rings. The van der Waals surface area contributed by atoms with Gasteiger partial charge in [-0.15, -0.1) is 0 Å². The molecular weight excluding hydrogens is 459 g/mol. The first kappa shape index (κ1) is 29.0. The molecule has 190 valence electrons. The van der Waals surface area contributed by atoms with Gasteiger partial charge in [0, 0.05) is 39.3 Å². The molecule has 34 heavy (non-hydrogen) atoms. The summed E-state index contributed by atoms with van der Waals surface area (Å²) >= 11 is 0. The van der Waals surface area contributed by atoms with Gasteiger partial charge in [-0.1, -0.05) is 94.2 Å². The largest absolute Gasteiger partial charge is 0.330 e. The molecule has 5 nitrogen and oxygen atoms in total. The lowest BCUT2D eigenvalue weighted by Crippen LogP contribution is -2.51. The molecule has 3 atom stereocenters. The summed E-state index contributed by atoms with van der Waals surface area (Å²) in [5.41, 5.74) is 8.26. The van der Waals surface area contributed by atoms with Gasteiger partial charge in [0.1, 0.15) is 0 Å². The highest BCUT2D eigenvalue weighted by Gasteiger charge is 2.40. The van der Waals surface area contributed by atoms with E-state index in [4.69, 9.17) is 14.8 Å². The van der Waals surface area contributed by atoms with Gasteiger partial charge in [0.25, 0.3) is 0 Å². The van der Waals surface area contributed by atoms with Crippen LogP contribution in [-0.4, -0.2) is 44.9 Å². The van der Waals surface area contributed by atoms with Crippen LogP contribution in [0.2, 0.25) is 25.7 Å². The Morgan fingerprint density at radius 3 is 1.85 bits per heavy atom. The Kier molecular flexibility index (Phi) is 10.7. The maximum Gasteiger partial charge on any atom is 0.327 e. The van der Waals surface area contributed by atoms with Crippen molar-refractivity contribution in [3.05, 3.63) is 71.8 Å². The second-order valence-corrected chi connectivity index (χ2v) is 18.9. The van der Waals surface area contributed by atoms with Crippen molar-refractivity contribution in [2.75, 3.05) is 19.8 Å². The van der Waals surface area contributed by atoms with Crippen molar-refractivity contribution in [2.45, 2.75) is 71.7 Å². The summed E-state index contributed by atoms with van der Waals surface area (Å²) in [6.45, 7) is 17.1. The number of rotatable bonds is 14. The molecule has 1 unspecified atom stereocenters. The lowest BCUT2D eigenvalue weighted by molar-refractivity contribution is -0.0134. The zero-order chi connectivity index (χ0) is 25.4. The Labute approximate surface area is 208 Å². The lowest BCUT2D eigenvalue weighted by atomic mass is 9.82. The van der Waals surface area contributed by atoms with Gasteiger partial charge in [0.2, 0.25) is 0 Å². The molecule has 0 bridgehead atoms. The van der Waals surface area contributed by atoms with Crippen molar-refractivity contribution in [3.63, 3.8) is 0 Å². The number of nitrogens with zero attached hydrogens (tertiary/aromatic N) is 1. The lowest BCUT2D eigenvalue weighted by Gasteiger charge is -2.43. The van der Waals surface area contributed by atoms with Crippen LogP contribution in [0.5, 0.6) is 0 Å². The molecule has 0 aliphatic heterocycles. The first-order valence-corrected chi connectivity index (χ1v) is 18.0. The molecule has 0 radical (unpaired) electrons. The average Bonchev–Trinajstić information content (AvgIpc) is 2.77. The summed E-state index contributed by atoms with van der Waals surface area (Å²) < 4.78 is 25.6. The number of benzene rings is 2. The summed E-state index contributed by atoms with van der Waals surface area (Å²) in [7, 11) is -4.56. The topological polar surface area (TPSA) is 64.8 Å². The van der Waals surface area contributed by atoms with E-state index in [0.29, 0.717) is 13.2 Å². The maximum atomic E-state index is 13.4. The van der Waals surface area contributed by atoms with Crippen LogP contribution in [0.4, 0.5) is 0 Å². The minimum Gasteiger partial charge on any atom is -0.330 e. The summed E-state index contributed by atoms with van der Waals surface area (Å²) in [4.78, 5) is 2.38. The maximum absolute atomic E-state index is 13.4. The molecule has 0 spiro atoms. The zero-order valence-electron chi connectivity index (χ0n) is 22.2. The van der Waals surface area contributed by atoms with E-state index in [1.165, 1.54) is 11.1 Å². The van der Waals surface area contributed by atoms with E-state index in [9.17, 15) is 4.57 Å². The van der Waals surface area contributed by atoms with Crippen LogP contribution in [0, 0.1) is 5.41 Å². The molecule has 2 rings (SSSR count). The zero-order valence-corrected chi connectivity index (χ0v) is 24.1. The molecule has 2 N–H and O–H groups in total. The van der Waals surface area contributed by atoms with Gasteiger partial charge >= 0.3 is 7.60 Å². The van der Waals surface area contributed by atoms with E-state index >= 15 is 0 Å². The highest BCUT2D eigenvalue weighted by atomic mass is 31.2. The highest BCUT2D eigenvalue weighted by molar-refractivity contribution is 7.53. The molecule has 0 aromatic heterocycles. The minimum absolute atomic E-state index is 0.0483. The molecule has 0 aliphatic rings. The quantitative estimate of drug-likeness (QED) is 0.231. The fraction of sp³-hybridized carbons (Fsp3) is 0.556. The first-order valence-electron chi connectivity index (χ1n) is 12.3. The molecule has 0 heterocycles. The molecule has 0 fully saturated rings. The van der Waals surface area contributed by atoms with Crippen molar-refractivity contribution in [1.29, 1.82) is 0 Å². The van der Waals surface area contributed by atoms with Gasteiger partial charge in [-0.05, 0) is 30.6 Å². The SMILES string of the molecule is C[C@@H]([C@H](OP(C)(=O)OCC[Si](C)(C)C)C(C)(C)CN)N(Cc1ccccc1)Cc1ccccc1. The number of nitrogens with two attached hydrogens (primary N) is 1. The van der Waals surface area contributed by atoms with Crippen molar-refractivity contribution in [3.8, 4) is 0 Å². The van der Waals surface area contributed by atoms with Crippen molar-refractivity contribution >= 4 is 15.7 Å². The van der Waals surface area contributed by atoms with E-state index in [1.807, 2.05) is 12.1 Å². The number of hydrogen-bond donors (Lipinski definition) is 1. The molecule has 0 aliphatic carbocycles. The highest BCUT2D eigenvalue weighted by Crippen LogP contribution is 2.49. The average molecular weight is 505 g/mol. The van der Waals surface area contributed by atoms with Gasteiger partial charge in [0.05, 0.1) is 12.7 Å².